The lowest BCUT2D eigenvalue weighted by Gasteiger charge is -2.13. The Bertz CT molecular complexity index is 1800. The molecule has 6 aromatic rings. The van der Waals surface area contributed by atoms with Crippen LogP contribution >= 0.6 is 0 Å². The first-order chi connectivity index (χ1) is 19.6. The minimum Gasteiger partial charge on any atom is -0.497 e. The van der Waals surface area contributed by atoms with Gasteiger partial charge in [-0.1, -0.05) is 30.3 Å². The molecule has 1 amide bonds. The number of fused-ring (bicyclic) bond motifs is 3. The number of carbonyl (C=O) groups is 1. The third-order valence-corrected chi connectivity index (χ3v) is 6.39. The number of hydrogen-bond acceptors (Lipinski definition) is 7. The molecule has 0 aliphatic heterocycles. The zero-order chi connectivity index (χ0) is 27.5. The Morgan fingerprint density at radius 3 is 2.27 bits per heavy atom. The summed E-state index contributed by atoms with van der Waals surface area (Å²) in [7, 11) is 1.63. The number of hydrogen-bond donors (Lipinski definition) is 2. The van der Waals surface area contributed by atoms with Crippen LogP contribution in [0.5, 0.6) is 11.5 Å². The molecule has 0 radical (unpaired) electrons. The number of amides is 1. The smallest absolute Gasteiger partial charge is 0.221 e. The van der Waals surface area contributed by atoms with Crippen molar-refractivity contribution < 1.29 is 14.3 Å². The number of aromatic nitrogens is 4. The molecule has 9 heteroatoms. The van der Waals surface area contributed by atoms with Crippen molar-refractivity contribution in [3.63, 3.8) is 0 Å². The molecule has 0 saturated carbocycles. The van der Waals surface area contributed by atoms with Crippen molar-refractivity contribution in [2.75, 3.05) is 17.7 Å². The highest BCUT2D eigenvalue weighted by molar-refractivity contribution is 6.02. The molecule has 198 valence electrons. The van der Waals surface area contributed by atoms with Crippen molar-refractivity contribution in [3.8, 4) is 22.9 Å². The molecule has 9 nitrogen and oxygen atoms in total. The maximum atomic E-state index is 11.4. The van der Waals surface area contributed by atoms with Gasteiger partial charge in [0.2, 0.25) is 5.91 Å². The summed E-state index contributed by atoms with van der Waals surface area (Å²) in [5.74, 6) is 2.56. The van der Waals surface area contributed by atoms with Gasteiger partial charge in [0.1, 0.15) is 18.1 Å². The number of methoxy groups -OCH3 is 1. The SMILES string of the molecule is COc1ccc(-c2nnc3c4cc(OCc5ccccc5)ccc4c(Nc4ccc(NC(C)=O)cc4)nn23)cc1. The topological polar surface area (TPSA) is 103 Å². The maximum Gasteiger partial charge on any atom is 0.221 e. The van der Waals surface area contributed by atoms with E-state index in [1.54, 1.807) is 11.6 Å². The number of nitrogens with zero attached hydrogens (tertiary/aromatic N) is 4. The Kier molecular flexibility index (Phi) is 6.68. The highest BCUT2D eigenvalue weighted by atomic mass is 16.5. The average Bonchev–Trinajstić information content (AvgIpc) is 3.41. The lowest BCUT2D eigenvalue weighted by molar-refractivity contribution is -0.114. The molecule has 2 heterocycles. The fourth-order valence-corrected chi connectivity index (χ4v) is 4.43. The first-order valence-corrected chi connectivity index (χ1v) is 12.7. The van der Waals surface area contributed by atoms with Crippen LogP contribution in [0.1, 0.15) is 12.5 Å². The van der Waals surface area contributed by atoms with E-state index in [1.807, 2.05) is 97.1 Å². The summed E-state index contributed by atoms with van der Waals surface area (Å²) in [5.41, 5.74) is 4.06. The second-order valence-corrected chi connectivity index (χ2v) is 9.20. The van der Waals surface area contributed by atoms with Crippen molar-refractivity contribution >= 4 is 39.5 Å². The molecule has 40 heavy (non-hydrogen) atoms. The monoisotopic (exact) mass is 530 g/mol. The van der Waals surface area contributed by atoms with E-state index in [4.69, 9.17) is 14.6 Å². The van der Waals surface area contributed by atoms with Crippen LogP contribution in [-0.2, 0) is 11.4 Å². The Morgan fingerprint density at radius 2 is 1.55 bits per heavy atom. The van der Waals surface area contributed by atoms with Crippen molar-refractivity contribution in [1.82, 2.24) is 19.8 Å². The summed E-state index contributed by atoms with van der Waals surface area (Å²) in [6.07, 6.45) is 0. The van der Waals surface area contributed by atoms with E-state index < -0.39 is 0 Å². The molecule has 0 unspecified atom stereocenters. The van der Waals surface area contributed by atoms with Gasteiger partial charge in [0.15, 0.2) is 17.3 Å². The van der Waals surface area contributed by atoms with Gasteiger partial charge in [-0.05, 0) is 72.3 Å². The standard InChI is InChI=1S/C31H26N6O3/c1-20(38)32-23-10-12-24(13-11-23)33-29-27-17-16-26(40-19-21-6-4-3-5-7-21)18-28(27)31-35-34-30(37(31)36-29)22-8-14-25(39-2)15-9-22/h3-18H,19H2,1-2H3,(H,32,38)(H,33,36). The summed E-state index contributed by atoms with van der Waals surface area (Å²) < 4.78 is 13.2. The molecule has 0 aliphatic carbocycles. The quantitative estimate of drug-likeness (QED) is 0.240. The van der Waals surface area contributed by atoms with Gasteiger partial charge in [0.25, 0.3) is 0 Å². The van der Waals surface area contributed by atoms with Crippen molar-refractivity contribution in [3.05, 3.63) is 103 Å². The van der Waals surface area contributed by atoms with Gasteiger partial charge in [-0.3, -0.25) is 4.79 Å². The summed E-state index contributed by atoms with van der Waals surface area (Å²) in [6, 6.07) is 30.9. The van der Waals surface area contributed by atoms with Crippen molar-refractivity contribution in [2.24, 2.45) is 0 Å². The maximum absolute atomic E-state index is 11.4. The summed E-state index contributed by atoms with van der Waals surface area (Å²) >= 11 is 0. The number of carbonyl (C=O) groups excluding carboxylic acids is 1. The van der Waals surface area contributed by atoms with Gasteiger partial charge in [-0.25, -0.2) is 0 Å². The van der Waals surface area contributed by atoms with Gasteiger partial charge < -0.3 is 20.1 Å². The van der Waals surface area contributed by atoms with Crippen LogP contribution < -0.4 is 20.1 Å². The van der Waals surface area contributed by atoms with Gasteiger partial charge in [-0.2, -0.15) is 4.52 Å². The lowest BCUT2D eigenvalue weighted by atomic mass is 10.1. The summed E-state index contributed by atoms with van der Waals surface area (Å²) in [4.78, 5) is 11.4. The molecule has 0 bridgehead atoms. The van der Waals surface area contributed by atoms with E-state index in [-0.39, 0.29) is 5.91 Å². The molecule has 0 fully saturated rings. The van der Waals surface area contributed by atoms with E-state index in [2.05, 4.69) is 20.8 Å². The molecule has 0 aliphatic rings. The van der Waals surface area contributed by atoms with Gasteiger partial charge in [-0.15, -0.1) is 15.3 Å². The third kappa shape index (κ3) is 5.12. The van der Waals surface area contributed by atoms with E-state index in [9.17, 15) is 4.79 Å². The summed E-state index contributed by atoms with van der Waals surface area (Å²) in [6.45, 7) is 1.93. The molecular weight excluding hydrogens is 504 g/mol. The van der Waals surface area contributed by atoms with Crippen LogP contribution in [0.25, 0.3) is 27.8 Å². The third-order valence-electron chi connectivity index (χ3n) is 6.39. The van der Waals surface area contributed by atoms with Crippen molar-refractivity contribution in [1.29, 1.82) is 0 Å². The van der Waals surface area contributed by atoms with Crippen LogP contribution in [0, 0.1) is 0 Å². The Hall–Kier alpha value is -5.44. The fourth-order valence-electron chi connectivity index (χ4n) is 4.43. The lowest BCUT2D eigenvalue weighted by Crippen LogP contribution is -2.06. The minimum atomic E-state index is -0.122. The molecule has 4 aromatic carbocycles. The normalized spacial score (nSPS) is 10.9. The zero-order valence-electron chi connectivity index (χ0n) is 22.0. The highest BCUT2D eigenvalue weighted by Gasteiger charge is 2.17. The number of anilines is 3. The molecular formula is C31H26N6O3. The van der Waals surface area contributed by atoms with Crippen LogP contribution in [-0.4, -0.2) is 32.8 Å². The predicted octanol–water partition coefficient (Wildman–Crippen LogP) is 6.23. The van der Waals surface area contributed by atoms with Gasteiger partial charge in [0.05, 0.1) is 7.11 Å². The first kappa shape index (κ1) is 24.9. The molecule has 0 spiro atoms. The predicted molar refractivity (Wildman–Crippen MR) is 155 cm³/mol. The average molecular weight is 531 g/mol. The first-order valence-electron chi connectivity index (χ1n) is 12.7. The van der Waals surface area contributed by atoms with Crippen LogP contribution in [0.4, 0.5) is 17.2 Å². The minimum absolute atomic E-state index is 0.122. The highest BCUT2D eigenvalue weighted by Crippen LogP contribution is 2.33. The Morgan fingerprint density at radius 1 is 0.825 bits per heavy atom. The number of rotatable bonds is 8. The van der Waals surface area contributed by atoms with Gasteiger partial charge >= 0.3 is 0 Å². The van der Waals surface area contributed by atoms with Crippen LogP contribution in [0.3, 0.4) is 0 Å². The van der Waals surface area contributed by atoms with E-state index in [0.717, 1.165) is 33.3 Å². The van der Waals surface area contributed by atoms with E-state index >= 15 is 0 Å². The second-order valence-electron chi connectivity index (χ2n) is 9.20. The largest absolute Gasteiger partial charge is 0.497 e. The molecule has 0 atom stereocenters. The summed E-state index contributed by atoms with van der Waals surface area (Å²) in [5, 5.41) is 21.8. The van der Waals surface area contributed by atoms with E-state index in [0.29, 0.717) is 35.3 Å². The Balaban J connectivity index is 1.43. The Labute approximate surface area is 230 Å². The van der Waals surface area contributed by atoms with Crippen LogP contribution in [0.2, 0.25) is 0 Å². The molecule has 2 aromatic heterocycles. The molecule has 0 saturated heterocycles. The second kappa shape index (κ2) is 10.7. The fraction of sp³-hybridized carbons (Fsp3) is 0.0968. The molecule has 6 rings (SSSR count). The van der Waals surface area contributed by atoms with Crippen molar-refractivity contribution in [2.45, 2.75) is 13.5 Å². The number of benzene rings is 4. The van der Waals surface area contributed by atoms with E-state index in [1.165, 1.54) is 6.92 Å². The van der Waals surface area contributed by atoms with Gasteiger partial charge in [0, 0.05) is 34.6 Å². The molecule has 2 N–H and O–H groups in total. The van der Waals surface area contributed by atoms with Crippen LogP contribution in [0.15, 0.2) is 97.1 Å². The zero-order valence-corrected chi connectivity index (χ0v) is 22.0. The number of nitrogens with one attached hydrogen (secondary N) is 2. The number of ether oxygens (including phenoxy) is 2.